The number of benzene rings is 1. The van der Waals surface area contributed by atoms with Gasteiger partial charge in [-0.1, -0.05) is 12.1 Å². The Hall–Kier alpha value is -1.44. The molecule has 1 aromatic rings. The van der Waals surface area contributed by atoms with Crippen LogP contribution in [0, 0.1) is 0 Å². The van der Waals surface area contributed by atoms with Gasteiger partial charge in [0.15, 0.2) is 11.5 Å². The number of rotatable bonds is 0. The molecule has 0 atom stereocenters. The van der Waals surface area contributed by atoms with E-state index in [0.717, 1.165) is 11.5 Å². The second-order valence-electron chi connectivity index (χ2n) is 2.25. The smallest absolute Gasteiger partial charge is 0.485 e. The van der Waals surface area contributed by atoms with Crippen molar-refractivity contribution >= 4 is 0 Å². The standard InChI is InChI=1S/C9H8O2/c1-2-5-9-8(4-1)10-6-3-7-11-9/h1-6H,7H2/p+1. The van der Waals surface area contributed by atoms with E-state index in [9.17, 15) is 0 Å². The fraction of sp³-hybridized carbons (Fsp3) is 0.111. The molecular weight excluding hydrogens is 140 g/mol. The summed E-state index contributed by atoms with van der Waals surface area (Å²) in [6.07, 6.45) is 3.48. The zero-order valence-electron chi connectivity index (χ0n) is 6.99. The molecule has 2 nitrogen and oxygen atoms in total. The van der Waals surface area contributed by atoms with Crippen LogP contribution in [-0.4, -0.2) is 6.61 Å². The van der Waals surface area contributed by atoms with Crippen molar-refractivity contribution in [1.82, 2.24) is 0 Å². The van der Waals surface area contributed by atoms with Gasteiger partial charge in [0.25, 0.3) is 0 Å². The Labute approximate surface area is 66.5 Å². The lowest BCUT2D eigenvalue weighted by Gasteiger charge is -2.04. The Bertz CT molecular complexity index is 284. The first-order valence-electron chi connectivity index (χ1n) is 3.50. The fourth-order valence-electron chi connectivity index (χ4n) is 0.965. The molecule has 0 fully saturated rings. The van der Waals surface area contributed by atoms with Crippen molar-refractivity contribution in [3.8, 4) is 11.5 Å². The van der Waals surface area contributed by atoms with Crippen LogP contribution in [0.2, 0.25) is 0 Å². The van der Waals surface area contributed by atoms with E-state index in [1.807, 2.05) is 30.3 Å². The Morgan fingerprint density at radius 3 is 2.91 bits per heavy atom. The third kappa shape index (κ3) is 1.19. The summed E-state index contributed by atoms with van der Waals surface area (Å²) < 4.78 is 10.6. The molecule has 0 bridgehead atoms. The highest BCUT2D eigenvalue weighted by molar-refractivity contribution is 5.40. The molecule has 1 aromatic carbocycles. The first-order valence-corrected chi connectivity index (χ1v) is 3.50. The normalized spacial score (nSPS) is 14.2. The van der Waals surface area contributed by atoms with Crippen LogP contribution in [0.5, 0.6) is 11.5 Å². The van der Waals surface area contributed by atoms with Crippen LogP contribution >= 0.6 is 0 Å². The summed E-state index contributed by atoms with van der Waals surface area (Å²) in [7, 11) is 0. The Balaban J connectivity index is 0.000000720. The van der Waals surface area contributed by atoms with Crippen molar-refractivity contribution in [1.29, 1.82) is 0 Å². The van der Waals surface area contributed by atoms with Gasteiger partial charge in [0.1, 0.15) is 6.61 Å². The number of ether oxygens (including phenoxy) is 2. The second-order valence-corrected chi connectivity index (χ2v) is 2.25. The summed E-state index contributed by atoms with van der Waals surface area (Å²) in [5.41, 5.74) is 0. The zero-order chi connectivity index (χ0) is 7.52. The average Bonchev–Trinajstić information content (AvgIpc) is 2.28. The highest BCUT2D eigenvalue weighted by atomic mass is 16.5. The molecule has 2 rings (SSSR count). The summed E-state index contributed by atoms with van der Waals surface area (Å²) in [4.78, 5) is 0. The van der Waals surface area contributed by atoms with E-state index in [4.69, 9.17) is 9.47 Å². The molecule has 0 spiro atoms. The molecule has 0 amide bonds. The molecule has 0 unspecified atom stereocenters. The van der Waals surface area contributed by atoms with Crippen molar-refractivity contribution in [3.05, 3.63) is 36.6 Å². The molecule has 1 aliphatic rings. The fourth-order valence-corrected chi connectivity index (χ4v) is 0.965. The summed E-state index contributed by atoms with van der Waals surface area (Å²) >= 11 is 0. The van der Waals surface area contributed by atoms with Gasteiger partial charge in [0, 0.05) is 0 Å². The van der Waals surface area contributed by atoms with Crippen LogP contribution in [0.3, 0.4) is 0 Å². The average molecular weight is 149 g/mol. The molecule has 0 saturated heterocycles. The lowest BCUT2D eigenvalue weighted by Crippen LogP contribution is -1.90. The van der Waals surface area contributed by atoms with Crippen LogP contribution < -0.4 is 9.47 Å². The maximum Gasteiger partial charge on any atom is 1.00 e. The van der Waals surface area contributed by atoms with Crippen LogP contribution in [0.25, 0.3) is 0 Å². The topological polar surface area (TPSA) is 18.5 Å². The number of fused-ring (bicyclic) bond motifs is 1. The first-order chi connectivity index (χ1) is 5.47. The molecule has 11 heavy (non-hydrogen) atoms. The lowest BCUT2D eigenvalue weighted by molar-refractivity contribution is 0.356. The minimum absolute atomic E-state index is 0. The molecule has 0 N–H and O–H groups in total. The Morgan fingerprint density at radius 2 is 2.00 bits per heavy atom. The highest BCUT2D eigenvalue weighted by Crippen LogP contribution is 2.27. The maximum atomic E-state index is 5.34. The monoisotopic (exact) mass is 149 g/mol. The van der Waals surface area contributed by atoms with Crippen molar-refractivity contribution in [3.63, 3.8) is 0 Å². The summed E-state index contributed by atoms with van der Waals surface area (Å²) in [6.45, 7) is 0.580. The minimum atomic E-state index is 0. The maximum absolute atomic E-state index is 5.34. The quantitative estimate of drug-likeness (QED) is 0.562. The van der Waals surface area contributed by atoms with Crippen molar-refractivity contribution in [2.45, 2.75) is 0 Å². The van der Waals surface area contributed by atoms with Gasteiger partial charge in [0.05, 0.1) is 6.26 Å². The molecule has 1 aliphatic heterocycles. The van der Waals surface area contributed by atoms with Gasteiger partial charge in [-0.3, -0.25) is 0 Å². The van der Waals surface area contributed by atoms with Crippen molar-refractivity contribution < 1.29 is 10.9 Å². The van der Waals surface area contributed by atoms with Gasteiger partial charge in [-0.15, -0.1) is 0 Å². The van der Waals surface area contributed by atoms with E-state index in [1.54, 1.807) is 6.26 Å². The molecule has 2 heteroatoms. The van der Waals surface area contributed by atoms with Gasteiger partial charge in [-0.2, -0.15) is 0 Å². The molecule has 0 radical (unpaired) electrons. The lowest BCUT2D eigenvalue weighted by atomic mass is 10.3. The molecule has 0 aliphatic carbocycles. The van der Waals surface area contributed by atoms with Crippen molar-refractivity contribution in [2.24, 2.45) is 0 Å². The van der Waals surface area contributed by atoms with Crippen LogP contribution in [0.15, 0.2) is 36.6 Å². The van der Waals surface area contributed by atoms with E-state index in [0.29, 0.717) is 6.61 Å². The molecular formula is C9H9O2+. The predicted molar refractivity (Wildman–Crippen MR) is 42.8 cm³/mol. The molecule has 56 valence electrons. The number of para-hydroxylation sites is 2. The first kappa shape index (κ1) is 6.28. The van der Waals surface area contributed by atoms with Crippen molar-refractivity contribution in [2.75, 3.05) is 6.61 Å². The number of hydrogen-bond donors (Lipinski definition) is 0. The van der Waals surface area contributed by atoms with E-state index < -0.39 is 0 Å². The largest absolute Gasteiger partial charge is 1.00 e. The third-order valence-corrected chi connectivity index (χ3v) is 1.48. The molecule has 0 saturated carbocycles. The van der Waals surface area contributed by atoms with Crippen LogP contribution in [-0.2, 0) is 0 Å². The molecule has 0 aromatic heterocycles. The van der Waals surface area contributed by atoms with E-state index in [1.165, 1.54) is 0 Å². The Kier molecular flexibility index (Phi) is 1.52. The Morgan fingerprint density at radius 1 is 1.18 bits per heavy atom. The van der Waals surface area contributed by atoms with Gasteiger partial charge in [-0.25, -0.2) is 0 Å². The van der Waals surface area contributed by atoms with Crippen LogP contribution in [0.4, 0.5) is 0 Å². The van der Waals surface area contributed by atoms with Gasteiger partial charge in [0.2, 0.25) is 0 Å². The SMILES string of the molecule is C1=COc2ccccc2OC1.[H+]. The van der Waals surface area contributed by atoms with E-state index >= 15 is 0 Å². The van der Waals surface area contributed by atoms with Gasteiger partial charge in [-0.05, 0) is 18.2 Å². The predicted octanol–water partition coefficient (Wildman–Crippen LogP) is 2.08. The third-order valence-electron chi connectivity index (χ3n) is 1.48. The summed E-state index contributed by atoms with van der Waals surface area (Å²) in [5.74, 6) is 1.58. The second kappa shape index (κ2) is 2.66. The summed E-state index contributed by atoms with van der Waals surface area (Å²) in [6, 6.07) is 7.61. The van der Waals surface area contributed by atoms with E-state index in [2.05, 4.69) is 0 Å². The minimum Gasteiger partial charge on any atom is -0.485 e. The highest BCUT2D eigenvalue weighted by Gasteiger charge is 2.03. The van der Waals surface area contributed by atoms with Gasteiger partial charge < -0.3 is 9.47 Å². The molecule has 1 heterocycles. The van der Waals surface area contributed by atoms with Gasteiger partial charge >= 0.3 is 1.43 Å². The zero-order valence-corrected chi connectivity index (χ0v) is 5.99. The van der Waals surface area contributed by atoms with E-state index in [-0.39, 0.29) is 1.43 Å². The van der Waals surface area contributed by atoms with Crippen LogP contribution in [0.1, 0.15) is 1.43 Å². The number of hydrogen-bond acceptors (Lipinski definition) is 2. The summed E-state index contributed by atoms with van der Waals surface area (Å²) in [5, 5.41) is 0.